The molecule has 9 heteroatoms. The van der Waals surface area contributed by atoms with Gasteiger partial charge >= 0.3 is 0 Å². The molecule has 0 fully saturated rings. The molecule has 190 valence electrons. The van der Waals surface area contributed by atoms with Crippen molar-refractivity contribution in [1.29, 1.82) is 0 Å². The lowest BCUT2D eigenvalue weighted by atomic mass is 10.1. The van der Waals surface area contributed by atoms with E-state index < -0.39 is 0 Å². The first-order valence-corrected chi connectivity index (χ1v) is 12.6. The van der Waals surface area contributed by atoms with Crippen LogP contribution in [0.1, 0.15) is 40.3 Å². The number of anilines is 1. The molecular weight excluding hydrogens is 476 g/mol. The lowest BCUT2D eigenvalue weighted by molar-refractivity contribution is 0.102. The van der Waals surface area contributed by atoms with Gasteiger partial charge in [-0.3, -0.25) is 18.9 Å². The number of hydrogen-bond acceptors (Lipinski definition) is 5. The number of amides is 1. The maximum absolute atomic E-state index is 13.5. The maximum Gasteiger partial charge on any atom is 0.274 e. The Kier molecular flexibility index (Phi) is 5.75. The normalized spacial score (nSPS) is 11.5. The zero-order valence-corrected chi connectivity index (χ0v) is 21.8. The van der Waals surface area contributed by atoms with Gasteiger partial charge in [0, 0.05) is 29.9 Å². The summed E-state index contributed by atoms with van der Waals surface area (Å²) in [6, 6.07) is 15.8. The van der Waals surface area contributed by atoms with Crippen LogP contribution in [0.2, 0.25) is 0 Å². The van der Waals surface area contributed by atoms with Crippen molar-refractivity contribution in [2.24, 2.45) is 7.05 Å². The molecule has 0 bridgehead atoms. The number of carbonyl (C=O) groups excluding carboxylic acids is 1. The lowest BCUT2D eigenvalue weighted by Crippen LogP contribution is -2.14. The molecule has 5 heterocycles. The van der Waals surface area contributed by atoms with E-state index in [2.05, 4.69) is 27.2 Å². The summed E-state index contributed by atoms with van der Waals surface area (Å²) < 4.78 is 5.79. The molecule has 6 aromatic rings. The summed E-state index contributed by atoms with van der Waals surface area (Å²) >= 11 is 0. The molecule has 0 saturated heterocycles. The smallest absolute Gasteiger partial charge is 0.274 e. The van der Waals surface area contributed by atoms with Gasteiger partial charge in [0.25, 0.3) is 5.91 Å². The van der Waals surface area contributed by atoms with Gasteiger partial charge in [-0.25, -0.2) is 9.97 Å². The van der Waals surface area contributed by atoms with Crippen molar-refractivity contribution in [1.82, 2.24) is 33.7 Å². The van der Waals surface area contributed by atoms with Gasteiger partial charge < -0.3 is 9.88 Å². The van der Waals surface area contributed by atoms with E-state index >= 15 is 0 Å². The third-order valence-corrected chi connectivity index (χ3v) is 6.95. The van der Waals surface area contributed by atoms with Crippen molar-refractivity contribution in [3.63, 3.8) is 0 Å². The molecule has 6 rings (SSSR count). The molecule has 0 spiro atoms. The molecule has 1 aromatic carbocycles. The fraction of sp³-hybridized carbons (Fsp3) is 0.207. The van der Waals surface area contributed by atoms with Crippen LogP contribution in [-0.2, 0) is 20.0 Å². The van der Waals surface area contributed by atoms with E-state index in [0.717, 1.165) is 57.2 Å². The second kappa shape index (κ2) is 9.26. The molecule has 5 aromatic heterocycles. The molecule has 0 radical (unpaired) electrons. The molecule has 1 N–H and O–H groups in total. The number of fused-ring (bicyclic) bond motifs is 2. The topological polar surface area (TPSA) is 94.9 Å². The predicted molar refractivity (Wildman–Crippen MR) is 147 cm³/mol. The first-order valence-electron chi connectivity index (χ1n) is 12.6. The van der Waals surface area contributed by atoms with Crippen molar-refractivity contribution in [3.05, 3.63) is 95.7 Å². The molecule has 0 aliphatic carbocycles. The van der Waals surface area contributed by atoms with Crippen LogP contribution in [0.15, 0.2) is 67.1 Å². The summed E-state index contributed by atoms with van der Waals surface area (Å²) in [6.07, 6.45) is 6.07. The number of benzene rings is 1. The van der Waals surface area contributed by atoms with Crippen LogP contribution >= 0.6 is 0 Å². The molecule has 0 atom stereocenters. The molecular formula is C29H28N8O. The highest BCUT2D eigenvalue weighted by Crippen LogP contribution is 2.29. The Balaban J connectivity index is 1.33. The van der Waals surface area contributed by atoms with Crippen molar-refractivity contribution in [2.75, 3.05) is 5.32 Å². The standard InChI is InChI=1S/C29H28N8O/c1-5-22-28-23(10-7-11-24(28)37(34-22)17-21-9-6-8-18(2)32-21)33-29(38)26-16-31-27-14-20(12-13-36(26)27)25-15-30-19(3)35(25)4/h6-16H,5,17H2,1-4H3,(H,33,38). The van der Waals surface area contributed by atoms with Crippen LogP contribution in [0.5, 0.6) is 0 Å². The highest BCUT2D eigenvalue weighted by atomic mass is 16.2. The summed E-state index contributed by atoms with van der Waals surface area (Å²) in [5.41, 5.74) is 7.66. The molecule has 1 amide bonds. The van der Waals surface area contributed by atoms with E-state index in [1.807, 2.05) is 91.1 Å². The van der Waals surface area contributed by atoms with Crippen molar-refractivity contribution < 1.29 is 4.79 Å². The Morgan fingerprint density at radius 2 is 1.87 bits per heavy atom. The predicted octanol–water partition coefficient (Wildman–Crippen LogP) is 4.96. The van der Waals surface area contributed by atoms with Gasteiger partial charge in [-0.15, -0.1) is 0 Å². The van der Waals surface area contributed by atoms with E-state index in [0.29, 0.717) is 17.9 Å². The first kappa shape index (κ1) is 23.6. The Morgan fingerprint density at radius 3 is 2.63 bits per heavy atom. The summed E-state index contributed by atoms with van der Waals surface area (Å²) in [7, 11) is 1.98. The lowest BCUT2D eigenvalue weighted by Gasteiger charge is -2.09. The number of aromatic nitrogens is 7. The van der Waals surface area contributed by atoms with E-state index in [9.17, 15) is 4.79 Å². The van der Waals surface area contributed by atoms with Crippen LogP contribution in [0, 0.1) is 13.8 Å². The molecule has 38 heavy (non-hydrogen) atoms. The van der Waals surface area contributed by atoms with Gasteiger partial charge in [-0.2, -0.15) is 5.10 Å². The van der Waals surface area contributed by atoms with E-state index in [1.165, 1.54) is 0 Å². The van der Waals surface area contributed by atoms with Gasteiger partial charge in [-0.05, 0) is 56.7 Å². The van der Waals surface area contributed by atoms with Crippen LogP contribution in [0.25, 0.3) is 27.8 Å². The number of nitrogens with zero attached hydrogens (tertiary/aromatic N) is 7. The Hall–Kier alpha value is -4.79. The average Bonchev–Trinajstić information content (AvgIpc) is 3.59. The van der Waals surface area contributed by atoms with Crippen LogP contribution < -0.4 is 5.32 Å². The number of rotatable bonds is 6. The van der Waals surface area contributed by atoms with Crippen LogP contribution in [0.4, 0.5) is 5.69 Å². The highest BCUT2D eigenvalue weighted by Gasteiger charge is 2.18. The van der Waals surface area contributed by atoms with E-state index in [-0.39, 0.29) is 5.91 Å². The summed E-state index contributed by atoms with van der Waals surface area (Å²) in [5, 5.41) is 8.92. The Morgan fingerprint density at radius 1 is 1.03 bits per heavy atom. The minimum absolute atomic E-state index is 0.232. The highest BCUT2D eigenvalue weighted by molar-refractivity contribution is 6.08. The minimum atomic E-state index is -0.232. The Bertz CT molecular complexity index is 1820. The van der Waals surface area contributed by atoms with Gasteiger partial charge in [0.15, 0.2) is 0 Å². The summed E-state index contributed by atoms with van der Waals surface area (Å²) in [6.45, 7) is 6.58. The molecule has 9 nitrogen and oxygen atoms in total. The second-order valence-electron chi connectivity index (χ2n) is 9.42. The minimum Gasteiger partial charge on any atom is -0.331 e. The number of pyridine rings is 2. The van der Waals surface area contributed by atoms with Gasteiger partial charge in [-0.1, -0.05) is 19.1 Å². The van der Waals surface area contributed by atoms with Gasteiger partial charge in [0.2, 0.25) is 0 Å². The van der Waals surface area contributed by atoms with E-state index in [1.54, 1.807) is 10.6 Å². The molecule has 0 aliphatic heterocycles. The van der Waals surface area contributed by atoms with Crippen LogP contribution in [-0.4, -0.2) is 39.6 Å². The third kappa shape index (κ3) is 4.02. The third-order valence-electron chi connectivity index (χ3n) is 6.95. The monoisotopic (exact) mass is 504 g/mol. The number of nitrogens with one attached hydrogen (secondary N) is 1. The number of carbonyl (C=O) groups is 1. The summed E-state index contributed by atoms with van der Waals surface area (Å²) in [5.74, 6) is 0.701. The number of aryl methyl sites for hydroxylation is 3. The zero-order chi connectivity index (χ0) is 26.4. The van der Waals surface area contributed by atoms with Gasteiger partial charge in [0.05, 0.1) is 47.2 Å². The Labute approximate surface area is 219 Å². The fourth-order valence-corrected chi connectivity index (χ4v) is 4.89. The largest absolute Gasteiger partial charge is 0.331 e. The second-order valence-corrected chi connectivity index (χ2v) is 9.42. The summed E-state index contributed by atoms with van der Waals surface area (Å²) in [4.78, 5) is 27.0. The van der Waals surface area contributed by atoms with Crippen molar-refractivity contribution in [3.8, 4) is 11.3 Å². The quantitative estimate of drug-likeness (QED) is 0.346. The number of hydrogen-bond donors (Lipinski definition) is 1. The van der Waals surface area contributed by atoms with E-state index in [4.69, 9.17) is 5.10 Å². The molecule has 0 unspecified atom stereocenters. The molecule has 0 aliphatic rings. The maximum atomic E-state index is 13.5. The van der Waals surface area contributed by atoms with Gasteiger partial charge in [0.1, 0.15) is 17.2 Å². The molecule has 0 saturated carbocycles. The first-order chi connectivity index (χ1) is 18.4. The fourth-order valence-electron chi connectivity index (χ4n) is 4.89. The zero-order valence-electron chi connectivity index (χ0n) is 21.8. The number of imidazole rings is 2. The van der Waals surface area contributed by atoms with Crippen molar-refractivity contribution >= 4 is 28.1 Å². The SMILES string of the molecule is CCc1nn(Cc2cccc(C)n2)c2cccc(NC(=O)c3cnc4cc(-c5cnc(C)n5C)ccn34)c12. The van der Waals surface area contributed by atoms with Crippen molar-refractivity contribution in [2.45, 2.75) is 33.7 Å². The van der Waals surface area contributed by atoms with Crippen LogP contribution in [0.3, 0.4) is 0 Å². The average molecular weight is 505 g/mol.